The predicted octanol–water partition coefficient (Wildman–Crippen LogP) is 1.05. The highest BCUT2D eigenvalue weighted by molar-refractivity contribution is 5.85. The molecule has 0 spiro atoms. The zero-order valence-electron chi connectivity index (χ0n) is 11.7. The third kappa shape index (κ3) is 9.65. The van der Waals surface area contributed by atoms with Gasteiger partial charge in [0.05, 0.1) is 12.6 Å². The average molecular weight is 283 g/mol. The van der Waals surface area contributed by atoms with E-state index in [1.165, 1.54) is 0 Å². The predicted molar refractivity (Wildman–Crippen MR) is 75.1 cm³/mol. The minimum atomic E-state index is -0.376. The van der Waals surface area contributed by atoms with Crippen molar-refractivity contribution in [2.24, 2.45) is 5.73 Å². The van der Waals surface area contributed by atoms with Crippen molar-refractivity contribution in [3.05, 3.63) is 0 Å². The Morgan fingerprint density at radius 1 is 1.33 bits per heavy atom. The van der Waals surface area contributed by atoms with E-state index < -0.39 is 0 Å². The minimum absolute atomic E-state index is 0. The summed E-state index contributed by atoms with van der Waals surface area (Å²) >= 11 is 0. The molecule has 0 aromatic rings. The molecule has 18 heavy (non-hydrogen) atoms. The lowest BCUT2D eigenvalue weighted by Crippen LogP contribution is -2.42. The molecular weight excluding hydrogens is 256 g/mol. The fourth-order valence-corrected chi connectivity index (χ4v) is 1.44. The van der Waals surface area contributed by atoms with Crippen molar-refractivity contribution in [2.75, 3.05) is 40.5 Å². The molecular formula is C12H27ClN2O3. The molecule has 0 aliphatic heterocycles. The Labute approximate surface area is 116 Å². The van der Waals surface area contributed by atoms with Crippen LogP contribution >= 0.6 is 12.4 Å². The first kappa shape index (κ1) is 20.0. The number of hydrogen-bond acceptors (Lipinski definition) is 4. The van der Waals surface area contributed by atoms with E-state index in [9.17, 15) is 4.79 Å². The number of ether oxygens (including phenoxy) is 2. The summed E-state index contributed by atoms with van der Waals surface area (Å²) in [4.78, 5) is 13.4. The molecule has 1 amide bonds. The zero-order valence-corrected chi connectivity index (χ0v) is 12.5. The molecule has 0 aromatic carbocycles. The average Bonchev–Trinajstić information content (AvgIpc) is 2.32. The smallest absolute Gasteiger partial charge is 0.239 e. The quantitative estimate of drug-likeness (QED) is 0.608. The van der Waals surface area contributed by atoms with E-state index >= 15 is 0 Å². The van der Waals surface area contributed by atoms with E-state index in [4.69, 9.17) is 15.2 Å². The zero-order chi connectivity index (χ0) is 13.1. The van der Waals surface area contributed by atoms with E-state index in [1.807, 2.05) is 6.92 Å². The van der Waals surface area contributed by atoms with Crippen LogP contribution < -0.4 is 5.73 Å². The third-order valence-corrected chi connectivity index (χ3v) is 2.50. The van der Waals surface area contributed by atoms with Crippen molar-refractivity contribution in [2.45, 2.75) is 32.2 Å². The summed E-state index contributed by atoms with van der Waals surface area (Å²) in [6.07, 6.45) is 2.54. The van der Waals surface area contributed by atoms with Crippen molar-refractivity contribution in [1.29, 1.82) is 0 Å². The van der Waals surface area contributed by atoms with Gasteiger partial charge < -0.3 is 20.1 Å². The van der Waals surface area contributed by atoms with E-state index in [1.54, 1.807) is 19.1 Å². The van der Waals surface area contributed by atoms with Gasteiger partial charge >= 0.3 is 0 Å². The summed E-state index contributed by atoms with van der Waals surface area (Å²) in [6, 6.07) is -0.376. The first-order valence-electron chi connectivity index (χ1n) is 6.20. The molecule has 6 heteroatoms. The Kier molecular flexibility index (Phi) is 14.5. The molecule has 0 aliphatic rings. The van der Waals surface area contributed by atoms with Crippen molar-refractivity contribution < 1.29 is 14.3 Å². The highest BCUT2D eigenvalue weighted by atomic mass is 35.5. The van der Waals surface area contributed by atoms with E-state index in [2.05, 4.69) is 0 Å². The Morgan fingerprint density at radius 3 is 2.56 bits per heavy atom. The van der Waals surface area contributed by atoms with Crippen LogP contribution in [0.25, 0.3) is 0 Å². The highest BCUT2D eigenvalue weighted by Crippen LogP contribution is 1.98. The van der Waals surface area contributed by atoms with E-state index in [0.29, 0.717) is 26.4 Å². The van der Waals surface area contributed by atoms with E-state index in [0.717, 1.165) is 19.3 Å². The first-order chi connectivity index (χ1) is 8.13. The number of likely N-dealkylation sites (N-methyl/N-ethyl adjacent to an activating group) is 1. The summed E-state index contributed by atoms with van der Waals surface area (Å²) in [5.74, 6) is -0.00709. The standard InChI is InChI=1S/C12H26N2O3.ClH/c1-4-6-11(13)12(15)14(2)7-10-17-9-5-8-16-3;/h11H,4-10,13H2,1-3H3;1H. The molecule has 0 saturated heterocycles. The molecule has 110 valence electrons. The maximum atomic E-state index is 11.7. The van der Waals surface area contributed by atoms with Crippen LogP contribution in [0.1, 0.15) is 26.2 Å². The number of carbonyl (C=O) groups excluding carboxylic acids is 1. The fraction of sp³-hybridized carbons (Fsp3) is 0.917. The topological polar surface area (TPSA) is 64.8 Å². The molecule has 1 atom stereocenters. The third-order valence-electron chi connectivity index (χ3n) is 2.50. The van der Waals surface area contributed by atoms with Crippen molar-refractivity contribution in [3.8, 4) is 0 Å². The van der Waals surface area contributed by atoms with Crippen LogP contribution in [0, 0.1) is 0 Å². The second-order valence-electron chi connectivity index (χ2n) is 4.11. The summed E-state index contributed by atoms with van der Waals surface area (Å²) in [6.45, 7) is 4.52. The monoisotopic (exact) mass is 282 g/mol. The van der Waals surface area contributed by atoms with Crippen LogP contribution in [0.15, 0.2) is 0 Å². The maximum Gasteiger partial charge on any atom is 0.239 e. The molecule has 0 fully saturated rings. The van der Waals surface area contributed by atoms with Gasteiger partial charge in [0.15, 0.2) is 0 Å². The van der Waals surface area contributed by atoms with Gasteiger partial charge in [0, 0.05) is 33.9 Å². The molecule has 0 aliphatic carbocycles. The van der Waals surface area contributed by atoms with Gasteiger partial charge in [-0.3, -0.25) is 4.79 Å². The van der Waals surface area contributed by atoms with Crippen LogP contribution in [0.5, 0.6) is 0 Å². The van der Waals surface area contributed by atoms with Gasteiger partial charge in [-0.25, -0.2) is 0 Å². The number of halogens is 1. The van der Waals surface area contributed by atoms with Gasteiger partial charge in [-0.15, -0.1) is 12.4 Å². The molecule has 0 radical (unpaired) electrons. The van der Waals surface area contributed by atoms with Gasteiger partial charge in [-0.1, -0.05) is 13.3 Å². The first-order valence-corrected chi connectivity index (χ1v) is 6.20. The number of hydrogen-bond donors (Lipinski definition) is 1. The Balaban J connectivity index is 0. The minimum Gasteiger partial charge on any atom is -0.385 e. The Bertz CT molecular complexity index is 206. The number of rotatable bonds is 10. The molecule has 0 saturated carbocycles. The SMILES string of the molecule is CCCC(N)C(=O)N(C)CCOCCCOC.Cl. The summed E-state index contributed by atoms with van der Waals surface area (Å²) < 4.78 is 10.3. The molecule has 0 bridgehead atoms. The summed E-state index contributed by atoms with van der Waals surface area (Å²) in [5.41, 5.74) is 5.75. The second kappa shape index (κ2) is 13.1. The van der Waals surface area contributed by atoms with Crippen molar-refractivity contribution in [1.82, 2.24) is 4.90 Å². The van der Waals surface area contributed by atoms with Crippen LogP contribution in [0.4, 0.5) is 0 Å². The number of nitrogens with two attached hydrogens (primary N) is 1. The molecule has 1 unspecified atom stereocenters. The van der Waals surface area contributed by atoms with Gasteiger partial charge in [0.2, 0.25) is 5.91 Å². The molecule has 0 aromatic heterocycles. The Hall–Kier alpha value is -0.360. The summed E-state index contributed by atoms with van der Waals surface area (Å²) in [5, 5.41) is 0. The molecule has 0 rings (SSSR count). The maximum absolute atomic E-state index is 11.7. The van der Waals surface area contributed by atoms with Gasteiger partial charge in [-0.2, -0.15) is 0 Å². The van der Waals surface area contributed by atoms with Crippen LogP contribution in [0.2, 0.25) is 0 Å². The van der Waals surface area contributed by atoms with Gasteiger partial charge in [0.1, 0.15) is 0 Å². The van der Waals surface area contributed by atoms with Crippen LogP contribution in [-0.4, -0.2) is 57.4 Å². The fourth-order valence-electron chi connectivity index (χ4n) is 1.44. The molecule has 5 nitrogen and oxygen atoms in total. The Morgan fingerprint density at radius 2 is 2.00 bits per heavy atom. The van der Waals surface area contributed by atoms with Gasteiger partial charge in [-0.05, 0) is 12.8 Å². The number of amides is 1. The number of carbonyl (C=O) groups is 1. The lowest BCUT2D eigenvalue weighted by atomic mass is 10.1. The number of nitrogens with zero attached hydrogens (tertiary/aromatic N) is 1. The van der Waals surface area contributed by atoms with Crippen LogP contribution in [-0.2, 0) is 14.3 Å². The highest BCUT2D eigenvalue weighted by Gasteiger charge is 2.16. The summed E-state index contributed by atoms with van der Waals surface area (Å²) in [7, 11) is 3.43. The lowest BCUT2D eigenvalue weighted by molar-refractivity contribution is -0.132. The lowest BCUT2D eigenvalue weighted by Gasteiger charge is -2.20. The van der Waals surface area contributed by atoms with Gasteiger partial charge in [0.25, 0.3) is 0 Å². The van der Waals surface area contributed by atoms with E-state index in [-0.39, 0.29) is 24.4 Å². The number of methoxy groups -OCH3 is 1. The van der Waals surface area contributed by atoms with Crippen molar-refractivity contribution in [3.63, 3.8) is 0 Å². The normalized spacial score (nSPS) is 11.8. The molecule has 0 heterocycles. The largest absolute Gasteiger partial charge is 0.385 e. The second-order valence-corrected chi connectivity index (χ2v) is 4.11. The molecule has 2 N–H and O–H groups in total. The van der Waals surface area contributed by atoms with Crippen LogP contribution in [0.3, 0.4) is 0 Å². The van der Waals surface area contributed by atoms with Crippen molar-refractivity contribution >= 4 is 18.3 Å².